The van der Waals surface area contributed by atoms with Crippen LogP contribution >= 0.6 is 0 Å². The number of ether oxygens (including phenoxy) is 2. The van der Waals surface area contributed by atoms with Crippen molar-refractivity contribution in [3.05, 3.63) is 12.7 Å². The van der Waals surface area contributed by atoms with Crippen molar-refractivity contribution in [2.45, 2.75) is 24.0 Å². The van der Waals surface area contributed by atoms with Gasteiger partial charge in [0.05, 0.1) is 19.5 Å². The first-order chi connectivity index (χ1) is 9.66. The zero-order valence-electron chi connectivity index (χ0n) is 10.4. The Hall–Kier alpha value is -1.81. The van der Waals surface area contributed by atoms with E-state index >= 15 is 0 Å². The lowest BCUT2D eigenvalue weighted by Crippen LogP contribution is -2.61. The molecule has 0 aliphatic carbocycles. The van der Waals surface area contributed by atoms with Crippen LogP contribution in [0.25, 0.3) is 11.2 Å². The van der Waals surface area contributed by atoms with Gasteiger partial charge in [-0.1, -0.05) is 0 Å². The van der Waals surface area contributed by atoms with Crippen molar-refractivity contribution in [3.63, 3.8) is 0 Å². The van der Waals surface area contributed by atoms with E-state index in [1.54, 1.807) is 4.57 Å². The Labute approximate surface area is 113 Å². The highest BCUT2D eigenvalue weighted by Crippen LogP contribution is 2.45. The number of fused-ring (bicyclic) bond motifs is 2. The number of aromatic nitrogens is 4. The molecule has 0 amide bonds. The number of nitrogens with two attached hydrogens (primary N) is 1. The molecule has 2 saturated heterocycles. The molecular weight excluding hydrogens is 266 g/mol. The average Bonchev–Trinajstić information content (AvgIpc) is 2.91. The van der Waals surface area contributed by atoms with Crippen LogP contribution in [0.3, 0.4) is 0 Å². The van der Waals surface area contributed by atoms with Crippen LogP contribution in [0, 0.1) is 0 Å². The van der Waals surface area contributed by atoms with Crippen LogP contribution in [0.15, 0.2) is 12.7 Å². The molecule has 4 heterocycles. The van der Waals surface area contributed by atoms with E-state index in [0.717, 1.165) is 0 Å². The number of imidazole rings is 1. The van der Waals surface area contributed by atoms with Crippen LogP contribution in [0.1, 0.15) is 6.23 Å². The zero-order chi connectivity index (χ0) is 13.9. The fourth-order valence-electron chi connectivity index (χ4n) is 2.79. The van der Waals surface area contributed by atoms with E-state index in [1.165, 1.54) is 12.7 Å². The highest BCUT2D eigenvalue weighted by molar-refractivity contribution is 5.81. The smallest absolute Gasteiger partial charge is 0.167 e. The second kappa shape index (κ2) is 3.85. The minimum atomic E-state index is -0.913. The van der Waals surface area contributed by atoms with Gasteiger partial charge in [0, 0.05) is 0 Å². The number of anilines is 1. The quantitative estimate of drug-likeness (QED) is 0.601. The molecule has 4 atom stereocenters. The highest BCUT2D eigenvalue weighted by atomic mass is 16.7. The highest BCUT2D eigenvalue weighted by Gasteiger charge is 2.62. The maximum Gasteiger partial charge on any atom is 0.167 e. The third-order valence-electron chi connectivity index (χ3n) is 3.91. The molecule has 2 aromatic rings. The van der Waals surface area contributed by atoms with Crippen LogP contribution in [0.5, 0.6) is 0 Å². The van der Waals surface area contributed by atoms with E-state index < -0.39 is 24.0 Å². The lowest BCUT2D eigenvalue weighted by Gasteiger charge is -2.41. The standard InChI is InChI=1S/C11H13N5O4/c12-8-5-9(14-3-13-8)16(4-15-5)10-6(18)7-11(1-17,20-10)2-19-7/h3-4,6-7,10,17-18H,1-2H2,(H2,12,13,14)/t6-,7+,10-,11+/m1/s1. The fourth-order valence-corrected chi connectivity index (χ4v) is 2.79. The summed E-state index contributed by atoms with van der Waals surface area (Å²) in [4.78, 5) is 12.1. The van der Waals surface area contributed by atoms with Gasteiger partial charge in [0.2, 0.25) is 0 Å². The van der Waals surface area contributed by atoms with Gasteiger partial charge in [0.1, 0.15) is 29.7 Å². The van der Waals surface area contributed by atoms with E-state index in [0.29, 0.717) is 11.2 Å². The molecule has 0 aromatic carbocycles. The molecule has 2 aliphatic heterocycles. The van der Waals surface area contributed by atoms with Gasteiger partial charge < -0.3 is 25.4 Å². The van der Waals surface area contributed by atoms with Crippen LogP contribution in [-0.4, -0.2) is 60.8 Å². The summed E-state index contributed by atoms with van der Waals surface area (Å²) in [6.45, 7) is 0.0421. The predicted octanol–water partition coefficient (Wildman–Crippen LogP) is -1.57. The van der Waals surface area contributed by atoms with Crippen molar-refractivity contribution >= 4 is 17.0 Å². The molecule has 4 rings (SSSR count). The van der Waals surface area contributed by atoms with E-state index in [4.69, 9.17) is 15.2 Å². The summed E-state index contributed by atoms with van der Waals surface area (Å²) in [5, 5.41) is 19.7. The van der Waals surface area contributed by atoms with Crippen molar-refractivity contribution in [2.24, 2.45) is 0 Å². The lowest BCUT2D eigenvalue weighted by molar-refractivity contribution is -0.246. The van der Waals surface area contributed by atoms with Crippen LogP contribution in [0.2, 0.25) is 0 Å². The first-order valence-electron chi connectivity index (χ1n) is 6.18. The number of aliphatic hydroxyl groups is 2. The summed E-state index contributed by atoms with van der Waals surface area (Å²) < 4.78 is 12.7. The largest absolute Gasteiger partial charge is 0.393 e. The van der Waals surface area contributed by atoms with Gasteiger partial charge >= 0.3 is 0 Å². The molecule has 0 unspecified atom stereocenters. The van der Waals surface area contributed by atoms with E-state index in [1.807, 2.05) is 0 Å². The Morgan fingerprint density at radius 1 is 1.45 bits per heavy atom. The van der Waals surface area contributed by atoms with E-state index in [2.05, 4.69) is 15.0 Å². The molecule has 20 heavy (non-hydrogen) atoms. The SMILES string of the molecule is Nc1ncnc2c1ncn2[C@@H]1O[C@@]2(CO)CO[C@H]2[C@H]1O. The van der Waals surface area contributed by atoms with E-state index in [9.17, 15) is 10.2 Å². The summed E-state index contributed by atoms with van der Waals surface area (Å²) in [5.74, 6) is 0.261. The molecule has 0 radical (unpaired) electrons. The number of nitrogen functional groups attached to an aromatic ring is 1. The second-order valence-electron chi connectivity index (χ2n) is 5.04. The van der Waals surface area contributed by atoms with Crippen LogP contribution in [-0.2, 0) is 9.47 Å². The number of hydrogen-bond donors (Lipinski definition) is 3. The third-order valence-corrected chi connectivity index (χ3v) is 3.91. The van der Waals surface area contributed by atoms with Gasteiger partial charge in [0.15, 0.2) is 17.7 Å². The number of aliphatic hydroxyl groups excluding tert-OH is 2. The molecule has 9 heteroatoms. The van der Waals surface area contributed by atoms with Crippen LogP contribution < -0.4 is 5.73 Å². The van der Waals surface area contributed by atoms with Crippen LogP contribution in [0.4, 0.5) is 5.82 Å². The number of nitrogens with zero attached hydrogens (tertiary/aromatic N) is 4. The minimum Gasteiger partial charge on any atom is -0.393 e. The lowest BCUT2D eigenvalue weighted by atomic mass is 9.91. The van der Waals surface area contributed by atoms with Gasteiger partial charge in [-0.2, -0.15) is 0 Å². The zero-order valence-corrected chi connectivity index (χ0v) is 10.4. The van der Waals surface area contributed by atoms with Crippen molar-refractivity contribution in [3.8, 4) is 0 Å². The molecular formula is C11H13N5O4. The Morgan fingerprint density at radius 3 is 2.95 bits per heavy atom. The van der Waals surface area contributed by atoms with Crippen molar-refractivity contribution in [1.29, 1.82) is 0 Å². The first-order valence-corrected chi connectivity index (χ1v) is 6.18. The molecule has 0 spiro atoms. The number of rotatable bonds is 2. The van der Waals surface area contributed by atoms with Crippen molar-refractivity contribution in [2.75, 3.05) is 18.9 Å². The molecule has 106 valence electrons. The second-order valence-corrected chi connectivity index (χ2v) is 5.04. The van der Waals surface area contributed by atoms with E-state index in [-0.39, 0.29) is 19.0 Å². The predicted molar refractivity (Wildman–Crippen MR) is 65.4 cm³/mol. The maximum absolute atomic E-state index is 10.3. The van der Waals surface area contributed by atoms with Crippen molar-refractivity contribution < 1.29 is 19.7 Å². The maximum atomic E-state index is 10.3. The average molecular weight is 279 g/mol. The van der Waals surface area contributed by atoms with Gasteiger partial charge in [-0.3, -0.25) is 4.57 Å². The Bertz CT molecular complexity index is 672. The molecule has 2 aromatic heterocycles. The Kier molecular flexibility index (Phi) is 2.31. The summed E-state index contributed by atoms with van der Waals surface area (Å²) >= 11 is 0. The monoisotopic (exact) mass is 279 g/mol. The first kappa shape index (κ1) is 12.0. The minimum absolute atomic E-state index is 0.213. The molecule has 0 bridgehead atoms. The van der Waals surface area contributed by atoms with Gasteiger partial charge in [0.25, 0.3) is 0 Å². The third kappa shape index (κ3) is 1.32. The molecule has 2 fully saturated rings. The van der Waals surface area contributed by atoms with Gasteiger partial charge in [-0.25, -0.2) is 15.0 Å². The summed E-state index contributed by atoms with van der Waals surface area (Å²) in [6, 6.07) is 0. The van der Waals surface area contributed by atoms with Gasteiger partial charge in [-0.05, 0) is 0 Å². The Morgan fingerprint density at radius 2 is 2.30 bits per heavy atom. The summed E-state index contributed by atoms with van der Waals surface area (Å²) in [7, 11) is 0. The molecule has 4 N–H and O–H groups in total. The normalized spacial score (nSPS) is 36.0. The topological polar surface area (TPSA) is 129 Å². The summed E-state index contributed by atoms with van der Waals surface area (Å²) in [6.07, 6.45) is 0.622. The molecule has 2 aliphatic rings. The van der Waals surface area contributed by atoms with Gasteiger partial charge in [-0.15, -0.1) is 0 Å². The number of hydrogen-bond acceptors (Lipinski definition) is 8. The fraction of sp³-hybridized carbons (Fsp3) is 0.545. The Balaban J connectivity index is 1.79. The summed E-state index contributed by atoms with van der Waals surface area (Å²) in [5.41, 5.74) is 5.79. The molecule has 0 saturated carbocycles. The molecule has 9 nitrogen and oxygen atoms in total. The van der Waals surface area contributed by atoms with Crippen molar-refractivity contribution in [1.82, 2.24) is 19.5 Å².